The van der Waals surface area contributed by atoms with Crippen molar-refractivity contribution in [1.29, 1.82) is 0 Å². The minimum atomic E-state index is -1.13. The SMILES string of the molecule is Cc1ccc(Oc2ccc(C(C)(O)c3ccc(Oc4ccc(C)cc4)cc3)cc2)cc1. The van der Waals surface area contributed by atoms with E-state index in [1.165, 1.54) is 11.1 Å². The summed E-state index contributed by atoms with van der Waals surface area (Å²) in [6.07, 6.45) is 0. The van der Waals surface area contributed by atoms with Gasteiger partial charge in [-0.1, -0.05) is 59.7 Å². The van der Waals surface area contributed by atoms with E-state index in [-0.39, 0.29) is 0 Å². The zero-order valence-corrected chi connectivity index (χ0v) is 18.0. The summed E-state index contributed by atoms with van der Waals surface area (Å²) in [7, 11) is 0. The third kappa shape index (κ3) is 4.96. The van der Waals surface area contributed by atoms with Crippen molar-refractivity contribution >= 4 is 0 Å². The molecular weight excluding hydrogens is 384 g/mol. The highest BCUT2D eigenvalue weighted by Gasteiger charge is 2.25. The third-order valence-corrected chi connectivity index (χ3v) is 5.35. The molecule has 0 saturated carbocycles. The van der Waals surface area contributed by atoms with Gasteiger partial charge < -0.3 is 14.6 Å². The Morgan fingerprint density at radius 3 is 1.03 bits per heavy atom. The largest absolute Gasteiger partial charge is 0.457 e. The Labute approximate surface area is 183 Å². The first-order chi connectivity index (χ1) is 14.9. The molecule has 0 amide bonds. The van der Waals surface area contributed by atoms with E-state index in [1.807, 2.05) is 111 Å². The van der Waals surface area contributed by atoms with E-state index in [0.717, 1.165) is 34.1 Å². The molecule has 0 aliphatic rings. The van der Waals surface area contributed by atoms with Crippen molar-refractivity contribution in [2.75, 3.05) is 0 Å². The molecule has 4 aromatic carbocycles. The number of benzene rings is 4. The van der Waals surface area contributed by atoms with Gasteiger partial charge in [-0.05, 0) is 80.4 Å². The monoisotopic (exact) mass is 410 g/mol. The highest BCUT2D eigenvalue weighted by molar-refractivity contribution is 5.42. The second-order valence-corrected chi connectivity index (χ2v) is 7.95. The first kappa shape index (κ1) is 20.7. The van der Waals surface area contributed by atoms with Crippen LogP contribution in [0.1, 0.15) is 29.2 Å². The number of hydrogen-bond acceptors (Lipinski definition) is 3. The normalized spacial score (nSPS) is 11.2. The van der Waals surface area contributed by atoms with Crippen LogP contribution in [0.25, 0.3) is 0 Å². The molecule has 1 N–H and O–H groups in total. The topological polar surface area (TPSA) is 38.7 Å². The Bertz CT molecular complexity index is 1030. The van der Waals surface area contributed by atoms with E-state index < -0.39 is 5.60 Å². The fourth-order valence-electron chi connectivity index (χ4n) is 3.35. The van der Waals surface area contributed by atoms with Crippen LogP contribution < -0.4 is 9.47 Å². The maximum atomic E-state index is 11.2. The number of rotatable bonds is 6. The summed E-state index contributed by atoms with van der Waals surface area (Å²) in [5, 5.41) is 11.2. The standard InChI is InChI=1S/C28H26O3/c1-20-4-12-24(13-5-20)30-26-16-8-22(9-17-26)28(3,29)23-10-18-27(19-11-23)31-25-14-6-21(2)7-15-25/h4-19,29H,1-3H3. The van der Waals surface area contributed by atoms with E-state index in [4.69, 9.17) is 9.47 Å². The van der Waals surface area contributed by atoms with Crippen molar-refractivity contribution in [2.24, 2.45) is 0 Å². The van der Waals surface area contributed by atoms with Crippen molar-refractivity contribution < 1.29 is 14.6 Å². The molecule has 0 spiro atoms. The molecule has 0 bridgehead atoms. The molecule has 0 saturated heterocycles. The fraction of sp³-hybridized carbons (Fsp3) is 0.143. The van der Waals surface area contributed by atoms with E-state index in [2.05, 4.69) is 0 Å². The minimum Gasteiger partial charge on any atom is -0.457 e. The number of ether oxygens (including phenoxy) is 2. The molecule has 3 heteroatoms. The van der Waals surface area contributed by atoms with Gasteiger partial charge in [0.05, 0.1) is 0 Å². The molecule has 0 unspecified atom stereocenters. The average Bonchev–Trinajstić information content (AvgIpc) is 2.78. The summed E-state index contributed by atoms with van der Waals surface area (Å²) in [5.74, 6) is 3.03. The second-order valence-electron chi connectivity index (χ2n) is 7.95. The Balaban J connectivity index is 1.46. The van der Waals surface area contributed by atoms with Gasteiger partial charge in [-0.3, -0.25) is 0 Å². The fourth-order valence-corrected chi connectivity index (χ4v) is 3.35. The predicted octanol–water partition coefficient (Wildman–Crippen LogP) is 7.14. The van der Waals surface area contributed by atoms with Crippen LogP contribution in [0.5, 0.6) is 23.0 Å². The van der Waals surface area contributed by atoms with Gasteiger partial charge in [0.25, 0.3) is 0 Å². The van der Waals surface area contributed by atoms with Crippen molar-refractivity contribution in [3.63, 3.8) is 0 Å². The van der Waals surface area contributed by atoms with E-state index in [0.29, 0.717) is 0 Å². The molecule has 4 rings (SSSR count). The maximum absolute atomic E-state index is 11.2. The summed E-state index contributed by atoms with van der Waals surface area (Å²) in [6.45, 7) is 5.88. The molecule has 0 fully saturated rings. The van der Waals surface area contributed by atoms with Crippen molar-refractivity contribution in [1.82, 2.24) is 0 Å². The average molecular weight is 411 g/mol. The van der Waals surface area contributed by atoms with Crippen molar-refractivity contribution in [2.45, 2.75) is 26.4 Å². The van der Waals surface area contributed by atoms with Crippen LogP contribution in [0.3, 0.4) is 0 Å². The Hall–Kier alpha value is -3.56. The zero-order valence-electron chi connectivity index (χ0n) is 18.0. The van der Waals surface area contributed by atoms with Gasteiger partial charge in [0.15, 0.2) is 0 Å². The summed E-state index contributed by atoms with van der Waals surface area (Å²) in [5.41, 5.74) is 2.82. The molecule has 3 nitrogen and oxygen atoms in total. The molecule has 0 aromatic heterocycles. The highest BCUT2D eigenvalue weighted by atomic mass is 16.5. The molecule has 156 valence electrons. The van der Waals surface area contributed by atoms with Crippen LogP contribution >= 0.6 is 0 Å². The van der Waals surface area contributed by atoms with Crippen molar-refractivity contribution in [3.8, 4) is 23.0 Å². The number of aryl methyl sites for hydroxylation is 2. The first-order valence-electron chi connectivity index (χ1n) is 10.3. The van der Waals surface area contributed by atoms with E-state index in [1.54, 1.807) is 6.92 Å². The van der Waals surface area contributed by atoms with Crippen LogP contribution in [0, 0.1) is 13.8 Å². The summed E-state index contributed by atoms with van der Waals surface area (Å²) >= 11 is 0. The minimum absolute atomic E-state index is 0.727. The van der Waals surface area contributed by atoms with Crippen LogP contribution in [0.2, 0.25) is 0 Å². The molecule has 0 aliphatic carbocycles. The lowest BCUT2D eigenvalue weighted by atomic mass is 9.88. The van der Waals surface area contributed by atoms with Gasteiger partial charge in [0.2, 0.25) is 0 Å². The van der Waals surface area contributed by atoms with Gasteiger partial charge >= 0.3 is 0 Å². The quantitative estimate of drug-likeness (QED) is 0.367. The van der Waals surface area contributed by atoms with Crippen LogP contribution in [0.4, 0.5) is 0 Å². The summed E-state index contributed by atoms with van der Waals surface area (Å²) in [6, 6.07) is 30.9. The van der Waals surface area contributed by atoms with Gasteiger partial charge in [-0.25, -0.2) is 0 Å². The van der Waals surface area contributed by atoms with Crippen molar-refractivity contribution in [3.05, 3.63) is 119 Å². The molecule has 0 atom stereocenters. The van der Waals surface area contributed by atoms with E-state index >= 15 is 0 Å². The van der Waals surface area contributed by atoms with Gasteiger partial charge in [0.1, 0.15) is 28.6 Å². The first-order valence-corrected chi connectivity index (χ1v) is 10.3. The van der Waals surface area contributed by atoms with Crippen LogP contribution in [0.15, 0.2) is 97.1 Å². The second kappa shape index (κ2) is 8.66. The molecule has 0 heterocycles. The Kier molecular flexibility index (Phi) is 5.79. The smallest absolute Gasteiger partial charge is 0.127 e. The highest BCUT2D eigenvalue weighted by Crippen LogP contribution is 2.33. The molecule has 31 heavy (non-hydrogen) atoms. The lowest BCUT2D eigenvalue weighted by molar-refractivity contribution is 0.102. The van der Waals surface area contributed by atoms with Gasteiger partial charge in [-0.2, -0.15) is 0 Å². The molecule has 4 aromatic rings. The lowest BCUT2D eigenvalue weighted by Gasteiger charge is -2.25. The van der Waals surface area contributed by atoms with Gasteiger partial charge in [0, 0.05) is 0 Å². The van der Waals surface area contributed by atoms with E-state index in [9.17, 15) is 5.11 Å². The number of hydrogen-bond donors (Lipinski definition) is 1. The van der Waals surface area contributed by atoms with Crippen LogP contribution in [-0.4, -0.2) is 5.11 Å². The zero-order chi connectivity index (χ0) is 21.8. The summed E-state index contributed by atoms with van der Waals surface area (Å²) < 4.78 is 11.8. The summed E-state index contributed by atoms with van der Waals surface area (Å²) in [4.78, 5) is 0. The Morgan fingerprint density at radius 2 is 0.742 bits per heavy atom. The molecule has 0 radical (unpaired) electrons. The van der Waals surface area contributed by atoms with Gasteiger partial charge in [-0.15, -0.1) is 0 Å². The van der Waals surface area contributed by atoms with Crippen LogP contribution in [-0.2, 0) is 5.60 Å². The maximum Gasteiger partial charge on any atom is 0.127 e. The molecule has 0 aliphatic heterocycles. The third-order valence-electron chi connectivity index (χ3n) is 5.35. The predicted molar refractivity (Wildman–Crippen MR) is 124 cm³/mol. The molecular formula is C28H26O3. The number of aliphatic hydroxyl groups is 1. The Morgan fingerprint density at radius 1 is 0.484 bits per heavy atom. The lowest BCUT2D eigenvalue weighted by Crippen LogP contribution is -2.22.